The lowest BCUT2D eigenvalue weighted by Crippen LogP contribution is -2.54. The van der Waals surface area contributed by atoms with Crippen LogP contribution < -0.4 is 5.32 Å². The first kappa shape index (κ1) is 21.8. The minimum absolute atomic E-state index is 0.0408. The number of aromatic nitrogens is 3. The Morgan fingerprint density at radius 3 is 2.81 bits per heavy atom. The third-order valence-corrected chi connectivity index (χ3v) is 8.85. The van der Waals surface area contributed by atoms with Crippen LogP contribution in [0.5, 0.6) is 0 Å². The van der Waals surface area contributed by atoms with Crippen LogP contribution in [0.4, 0.5) is 9.18 Å². The predicted octanol–water partition coefficient (Wildman–Crippen LogP) is 5.18. The van der Waals surface area contributed by atoms with Gasteiger partial charge in [-0.05, 0) is 86.4 Å². The zero-order valence-corrected chi connectivity index (χ0v) is 20.3. The van der Waals surface area contributed by atoms with E-state index < -0.39 is 5.54 Å². The van der Waals surface area contributed by atoms with E-state index in [1.807, 2.05) is 17.2 Å². The van der Waals surface area contributed by atoms with Crippen LogP contribution >= 0.6 is 0 Å². The number of hydrogen-bond donors (Lipinski definition) is 1. The van der Waals surface area contributed by atoms with E-state index in [9.17, 15) is 9.18 Å². The second kappa shape index (κ2) is 8.02. The van der Waals surface area contributed by atoms with Gasteiger partial charge in [-0.2, -0.15) is 5.10 Å². The highest BCUT2D eigenvalue weighted by Crippen LogP contribution is 2.45. The van der Waals surface area contributed by atoms with Crippen molar-refractivity contribution in [2.45, 2.75) is 62.4 Å². The summed E-state index contributed by atoms with van der Waals surface area (Å²) in [7, 11) is 0. The maximum Gasteiger partial charge on any atom is 0.318 e. The zero-order valence-electron chi connectivity index (χ0n) is 20.3. The molecule has 184 valence electrons. The van der Waals surface area contributed by atoms with Gasteiger partial charge in [-0.3, -0.25) is 9.67 Å². The summed E-state index contributed by atoms with van der Waals surface area (Å²) in [5.74, 6) is -0.256. The molecular weight excluding hydrogens is 453 g/mol. The molecule has 4 aliphatic rings. The number of aryl methyl sites for hydroxylation is 2. The first-order valence-corrected chi connectivity index (χ1v) is 13.1. The predicted molar refractivity (Wildman–Crippen MR) is 136 cm³/mol. The molecule has 36 heavy (non-hydrogen) atoms. The summed E-state index contributed by atoms with van der Waals surface area (Å²) in [5.41, 5.74) is 5.97. The molecule has 0 radical (unpaired) electrons. The number of carbonyl (C=O) groups is 1. The summed E-state index contributed by atoms with van der Waals surface area (Å²) in [6.07, 6.45) is 13.0. The van der Waals surface area contributed by atoms with Gasteiger partial charge in [-0.25, -0.2) is 9.18 Å². The van der Waals surface area contributed by atoms with Crippen molar-refractivity contribution in [3.05, 3.63) is 77.0 Å². The smallest absolute Gasteiger partial charge is 0.318 e. The number of rotatable bonds is 3. The molecule has 1 saturated heterocycles. The minimum atomic E-state index is -0.450. The van der Waals surface area contributed by atoms with Crippen molar-refractivity contribution in [2.24, 2.45) is 0 Å². The van der Waals surface area contributed by atoms with E-state index in [0.717, 1.165) is 80.6 Å². The number of pyridine rings is 1. The van der Waals surface area contributed by atoms with E-state index in [1.165, 1.54) is 17.3 Å². The number of nitrogens with zero attached hydrogens (tertiary/aromatic N) is 4. The molecule has 1 N–H and O–H groups in total. The molecule has 2 aromatic heterocycles. The van der Waals surface area contributed by atoms with E-state index in [-0.39, 0.29) is 17.3 Å². The van der Waals surface area contributed by atoms with E-state index >= 15 is 0 Å². The Morgan fingerprint density at radius 1 is 1.08 bits per heavy atom. The van der Waals surface area contributed by atoms with Crippen LogP contribution in [0, 0.1) is 5.82 Å². The second-order valence-electron chi connectivity index (χ2n) is 10.9. The fraction of sp³-hybridized carbons (Fsp3) is 0.414. The quantitative estimate of drug-likeness (QED) is 0.558. The van der Waals surface area contributed by atoms with Crippen LogP contribution in [0.1, 0.15) is 61.0 Å². The lowest BCUT2D eigenvalue weighted by Gasteiger charge is -2.44. The standard InChI is InChI=1S/C29H30FN5O/c30-23-7-3-6-22(16-23)29(9-4-10-29)32-27(36)34-13-11-28(19-34)12-14-35-26(28)17-25(33-35)21-15-20-5-1-2-8-24(20)31-18-21/h2-3,6-8,15-18H,1,4-5,9-14,19H2,(H,32,36). The first-order chi connectivity index (χ1) is 17.5. The lowest BCUT2D eigenvalue weighted by atomic mass is 9.72. The molecule has 2 aliphatic heterocycles. The third-order valence-electron chi connectivity index (χ3n) is 8.85. The lowest BCUT2D eigenvalue weighted by molar-refractivity contribution is 0.154. The molecule has 7 heteroatoms. The molecule has 4 heterocycles. The van der Waals surface area contributed by atoms with Gasteiger partial charge in [0, 0.05) is 42.5 Å². The molecular formula is C29H30FN5O. The van der Waals surface area contributed by atoms with Crippen molar-refractivity contribution in [2.75, 3.05) is 13.1 Å². The molecule has 0 bridgehead atoms. The Hall–Kier alpha value is -3.48. The number of hydrogen-bond acceptors (Lipinski definition) is 3. The Balaban J connectivity index is 1.10. The molecule has 1 spiro atoms. The largest absolute Gasteiger partial charge is 0.328 e. The van der Waals surface area contributed by atoms with E-state index in [4.69, 9.17) is 5.10 Å². The van der Waals surface area contributed by atoms with Crippen LogP contribution in [-0.2, 0) is 23.9 Å². The van der Waals surface area contributed by atoms with Gasteiger partial charge in [-0.15, -0.1) is 0 Å². The van der Waals surface area contributed by atoms with Crippen LogP contribution in [0.15, 0.2) is 48.7 Å². The number of urea groups is 1. The van der Waals surface area contributed by atoms with Gasteiger partial charge in [0.25, 0.3) is 0 Å². The van der Waals surface area contributed by atoms with Crippen molar-refractivity contribution < 1.29 is 9.18 Å². The number of halogens is 1. The molecule has 1 aromatic carbocycles. The van der Waals surface area contributed by atoms with Crippen LogP contribution in [0.3, 0.4) is 0 Å². The average Bonchev–Trinajstić information content (AvgIpc) is 3.58. The number of carbonyl (C=O) groups excluding carboxylic acids is 1. The molecule has 2 fully saturated rings. The molecule has 1 atom stereocenters. The van der Waals surface area contributed by atoms with Crippen LogP contribution in [0.2, 0.25) is 0 Å². The molecule has 3 aromatic rings. The number of fused-ring (bicyclic) bond motifs is 3. The van der Waals surface area contributed by atoms with Gasteiger partial charge in [0.2, 0.25) is 0 Å². The molecule has 6 nitrogen and oxygen atoms in total. The maximum atomic E-state index is 13.9. The summed E-state index contributed by atoms with van der Waals surface area (Å²) in [6, 6.07) is 11.1. The normalized spacial score (nSPS) is 23.4. The highest BCUT2D eigenvalue weighted by atomic mass is 19.1. The highest BCUT2D eigenvalue weighted by Gasteiger charge is 2.48. The Kier molecular flexibility index (Phi) is 4.85. The van der Waals surface area contributed by atoms with Gasteiger partial charge in [0.1, 0.15) is 5.82 Å². The summed E-state index contributed by atoms with van der Waals surface area (Å²) in [4.78, 5) is 20.0. The second-order valence-corrected chi connectivity index (χ2v) is 10.9. The van der Waals surface area contributed by atoms with Crippen molar-refractivity contribution >= 4 is 12.1 Å². The monoisotopic (exact) mass is 483 g/mol. The van der Waals surface area contributed by atoms with Crippen molar-refractivity contribution in [1.29, 1.82) is 0 Å². The minimum Gasteiger partial charge on any atom is -0.328 e. The number of likely N-dealkylation sites (tertiary alicyclic amines) is 1. The zero-order chi connectivity index (χ0) is 24.3. The Bertz CT molecular complexity index is 1390. The molecule has 2 aliphatic carbocycles. The van der Waals surface area contributed by atoms with Crippen molar-refractivity contribution in [3.63, 3.8) is 0 Å². The average molecular weight is 484 g/mol. The number of benzene rings is 1. The summed E-state index contributed by atoms with van der Waals surface area (Å²) < 4.78 is 16.0. The summed E-state index contributed by atoms with van der Waals surface area (Å²) in [6.45, 7) is 2.29. The number of nitrogens with one attached hydrogen (secondary N) is 1. The molecule has 7 rings (SSSR count). The topological polar surface area (TPSA) is 63.1 Å². The number of allylic oxidation sites excluding steroid dienone is 1. The maximum absolute atomic E-state index is 13.9. The molecule has 1 unspecified atom stereocenters. The number of amides is 2. The SMILES string of the molecule is O=C(NC1(c2cccc(F)c2)CCC1)N1CCC2(CCn3nc(-c4cnc5c(c4)CCC=C5)cc32)C1. The van der Waals surface area contributed by atoms with E-state index in [0.29, 0.717) is 6.54 Å². The van der Waals surface area contributed by atoms with Crippen LogP contribution in [0.25, 0.3) is 17.3 Å². The highest BCUT2D eigenvalue weighted by molar-refractivity contribution is 5.76. The first-order valence-electron chi connectivity index (χ1n) is 13.1. The van der Waals surface area contributed by atoms with E-state index in [1.54, 1.807) is 12.1 Å². The Morgan fingerprint density at radius 2 is 1.97 bits per heavy atom. The van der Waals surface area contributed by atoms with E-state index in [2.05, 4.69) is 39.3 Å². The van der Waals surface area contributed by atoms with Gasteiger partial charge >= 0.3 is 6.03 Å². The summed E-state index contributed by atoms with van der Waals surface area (Å²) in [5, 5.41) is 8.22. The van der Waals surface area contributed by atoms with Crippen molar-refractivity contribution in [1.82, 2.24) is 25.0 Å². The molecule has 2 amide bonds. The van der Waals surface area contributed by atoms with Crippen LogP contribution in [-0.4, -0.2) is 38.8 Å². The van der Waals surface area contributed by atoms with Crippen molar-refractivity contribution in [3.8, 4) is 11.3 Å². The molecule has 1 saturated carbocycles. The fourth-order valence-corrected chi connectivity index (χ4v) is 6.59. The van der Waals surface area contributed by atoms with Gasteiger partial charge in [0.15, 0.2) is 0 Å². The van der Waals surface area contributed by atoms with Gasteiger partial charge in [0.05, 0.1) is 16.9 Å². The Labute approximate surface area is 210 Å². The third kappa shape index (κ3) is 3.39. The summed E-state index contributed by atoms with van der Waals surface area (Å²) >= 11 is 0. The van der Waals surface area contributed by atoms with Gasteiger partial charge in [-0.1, -0.05) is 18.2 Å². The van der Waals surface area contributed by atoms with Gasteiger partial charge < -0.3 is 10.2 Å². The fourth-order valence-electron chi connectivity index (χ4n) is 6.59.